The fraction of sp³-hybridized carbons (Fsp3) is 0.571. The monoisotopic (exact) mass is 236 g/mol. The van der Waals surface area contributed by atoms with Crippen LogP contribution in [0.5, 0.6) is 0 Å². The summed E-state index contributed by atoms with van der Waals surface area (Å²) in [6.45, 7) is 3.96. The van der Waals surface area contributed by atoms with E-state index in [-0.39, 0.29) is 17.3 Å². The summed E-state index contributed by atoms with van der Waals surface area (Å²) in [7, 11) is 0. The normalized spacial score (nSPS) is 36.1. The Bertz CT molecular complexity index is 420. The molecule has 0 bridgehead atoms. The van der Waals surface area contributed by atoms with Crippen molar-refractivity contribution in [2.75, 3.05) is 19.8 Å². The smallest absolute Gasteiger partial charge is 0.127 e. The van der Waals surface area contributed by atoms with Crippen LogP contribution in [0.3, 0.4) is 0 Å². The van der Waals surface area contributed by atoms with E-state index in [1.165, 1.54) is 6.07 Å². The summed E-state index contributed by atoms with van der Waals surface area (Å²) in [5.74, 6) is 0.160. The molecule has 0 radical (unpaired) electrons. The van der Waals surface area contributed by atoms with Crippen LogP contribution in [0.2, 0.25) is 0 Å². The lowest BCUT2D eigenvalue weighted by atomic mass is 9.72. The second kappa shape index (κ2) is 4.07. The van der Waals surface area contributed by atoms with Crippen molar-refractivity contribution in [3.8, 4) is 0 Å². The van der Waals surface area contributed by atoms with E-state index in [1.807, 2.05) is 12.1 Å². The maximum absolute atomic E-state index is 14.0. The van der Waals surface area contributed by atoms with Crippen LogP contribution in [0.15, 0.2) is 24.3 Å². The Morgan fingerprint density at radius 1 is 1.35 bits per heavy atom. The molecule has 0 aromatic heterocycles. The largest absolute Gasteiger partial charge is 0.380 e. The van der Waals surface area contributed by atoms with Gasteiger partial charge in [0.1, 0.15) is 5.82 Å². The van der Waals surface area contributed by atoms with Gasteiger partial charge in [-0.15, -0.1) is 0 Å². The van der Waals surface area contributed by atoms with Crippen LogP contribution in [-0.4, -0.2) is 25.9 Å². The molecule has 0 N–H and O–H groups in total. The minimum atomic E-state index is -0.258. The SMILES string of the molecule is CC[C@H]1OCC2(c3ccccc3F)COC[C@H]12. The van der Waals surface area contributed by atoms with Gasteiger partial charge in [0, 0.05) is 5.92 Å². The first-order chi connectivity index (χ1) is 8.28. The Balaban J connectivity index is 2.04. The van der Waals surface area contributed by atoms with Crippen molar-refractivity contribution in [1.29, 1.82) is 0 Å². The fourth-order valence-electron chi connectivity index (χ4n) is 3.24. The quantitative estimate of drug-likeness (QED) is 0.785. The Kier molecular flexibility index (Phi) is 2.68. The molecule has 3 heteroatoms. The van der Waals surface area contributed by atoms with E-state index in [1.54, 1.807) is 6.07 Å². The van der Waals surface area contributed by atoms with Gasteiger partial charge in [-0.2, -0.15) is 0 Å². The summed E-state index contributed by atoms with van der Waals surface area (Å²) >= 11 is 0. The Labute approximate surface area is 101 Å². The van der Waals surface area contributed by atoms with Crippen molar-refractivity contribution in [3.05, 3.63) is 35.6 Å². The molecule has 3 atom stereocenters. The van der Waals surface area contributed by atoms with E-state index < -0.39 is 0 Å². The Morgan fingerprint density at radius 2 is 2.18 bits per heavy atom. The lowest BCUT2D eigenvalue weighted by molar-refractivity contribution is 0.0462. The second-order valence-electron chi connectivity index (χ2n) is 5.02. The van der Waals surface area contributed by atoms with Gasteiger partial charge in [0.05, 0.1) is 31.3 Å². The third-order valence-electron chi connectivity index (χ3n) is 4.18. The van der Waals surface area contributed by atoms with Crippen LogP contribution in [0.25, 0.3) is 0 Å². The van der Waals surface area contributed by atoms with Crippen LogP contribution in [0.4, 0.5) is 4.39 Å². The molecule has 1 aromatic rings. The van der Waals surface area contributed by atoms with Gasteiger partial charge in [-0.1, -0.05) is 25.1 Å². The highest BCUT2D eigenvalue weighted by atomic mass is 19.1. The lowest BCUT2D eigenvalue weighted by Gasteiger charge is -2.27. The van der Waals surface area contributed by atoms with Gasteiger partial charge >= 0.3 is 0 Å². The molecule has 2 nitrogen and oxygen atoms in total. The molecule has 3 rings (SSSR count). The zero-order valence-electron chi connectivity index (χ0n) is 9.99. The van der Waals surface area contributed by atoms with Crippen molar-refractivity contribution in [2.24, 2.45) is 5.92 Å². The van der Waals surface area contributed by atoms with Crippen molar-refractivity contribution in [2.45, 2.75) is 24.9 Å². The zero-order valence-corrected chi connectivity index (χ0v) is 9.99. The summed E-state index contributed by atoms with van der Waals surface area (Å²) in [4.78, 5) is 0. The standard InChI is InChI=1S/C14H17FO2/c1-2-13-11-7-16-8-14(11,9-17-13)10-5-3-4-6-12(10)15/h3-6,11,13H,2,7-9H2,1H3/t11-,13-,14?/m1/s1. The van der Waals surface area contributed by atoms with Gasteiger partial charge in [-0.05, 0) is 18.1 Å². The second-order valence-corrected chi connectivity index (χ2v) is 5.02. The molecule has 2 aliphatic rings. The van der Waals surface area contributed by atoms with Crippen molar-refractivity contribution >= 4 is 0 Å². The van der Waals surface area contributed by atoms with Gasteiger partial charge in [-0.3, -0.25) is 0 Å². The maximum Gasteiger partial charge on any atom is 0.127 e. The van der Waals surface area contributed by atoms with E-state index in [0.29, 0.717) is 25.7 Å². The van der Waals surface area contributed by atoms with Gasteiger partial charge < -0.3 is 9.47 Å². The zero-order chi connectivity index (χ0) is 11.9. The molecule has 92 valence electrons. The van der Waals surface area contributed by atoms with Crippen molar-refractivity contribution < 1.29 is 13.9 Å². The molecule has 2 heterocycles. The van der Waals surface area contributed by atoms with Gasteiger partial charge in [0.15, 0.2) is 0 Å². The maximum atomic E-state index is 14.0. The van der Waals surface area contributed by atoms with Crippen molar-refractivity contribution in [1.82, 2.24) is 0 Å². The minimum Gasteiger partial charge on any atom is -0.380 e. The molecule has 0 saturated carbocycles. The summed E-state index contributed by atoms with van der Waals surface area (Å²) in [6, 6.07) is 7.02. The molecule has 1 aromatic carbocycles. The highest BCUT2D eigenvalue weighted by Crippen LogP contribution is 2.47. The van der Waals surface area contributed by atoms with E-state index in [2.05, 4.69) is 6.92 Å². The minimum absolute atomic E-state index is 0.136. The third kappa shape index (κ3) is 1.53. The predicted molar refractivity (Wildman–Crippen MR) is 62.4 cm³/mol. The summed E-state index contributed by atoms with van der Waals surface area (Å²) < 4.78 is 25.4. The molecule has 2 saturated heterocycles. The molecule has 17 heavy (non-hydrogen) atoms. The predicted octanol–water partition coefficient (Wildman–Crippen LogP) is 2.52. The molecule has 1 unspecified atom stereocenters. The van der Waals surface area contributed by atoms with Crippen LogP contribution < -0.4 is 0 Å². The Hall–Kier alpha value is -0.930. The van der Waals surface area contributed by atoms with E-state index in [9.17, 15) is 4.39 Å². The van der Waals surface area contributed by atoms with Crippen LogP contribution in [-0.2, 0) is 14.9 Å². The number of hydrogen-bond acceptors (Lipinski definition) is 2. The molecule has 0 spiro atoms. The van der Waals surface area contributed by atoms with Crippen LogP contribution >= 0.6 is 0 Å². The van der Waals surface area contributed by atoms with Crippen LogP contribution in [0, 0.1) is 11.7 Å². The summed E-state index contributed by atoms with van der Waals surface area (Å²) in [6.07, 6.45) is 1.17. The van der Waals surface area contributed by atoms with Gasteiger partial charge in [-0.25, -0.2) is 4.39 Å². The number of benzene rings is 1. The summed E-state index contributed by atoms with van der Waals surface area (Å²) in [5.41, 5.74) is 0.505. The average Bonchev–Trinajstić information content (AvgIpc) is 2.88. The third-order valence-corrected chi connectivity index (χ3v) is 4.18. The first-order valence-corrected chi connectivity index (χ1v) is 6.22. The highest BCUT2D eigenvalue weighted by Gasteiger charge is 2.54. The number of halogens is 1. The van der Waals surface area contributed by atoms with E-state index in [0.717, 1.165) is 12.0 Å². The molecule has 2 fully saturated rings. The van der Waals surface area contributed by atoms with Crippen LogP contribution in [0.1, 0.15) is 18.9 Å². The molecular weight excluding hydrogens is 219 g/mol. The average molecular weight is 236 g/mol. The summed E-state index contributed by atoms with van der Waals surface area (Å²) in [5, 5.41) is 0. The number of rotatable bonds is 2. The molecule has 0 aliphatic carbocycles. The highest BCUT2D eigenvalue weighted by molar-refractivity contribution is 5.32. The van der Waals surface area contributed by atoms with Gasteiger partial charge in [0.2, 0.25) is 0 Å². The lowest BCUT2D eigenvalue weighted by Crippen LogP contribution is -2.36. The van der Waals surface area contributed by atoms with Gasteiger partial charge in [0.25, 0.3) is 0 Å². The number of hydrogen-bond donors (Lipinski definition) is 0. The van der Waals surface area contributed by atoms with E-state index in [4.69, 9.17) is 9.47 Å². The first-order valence-electron chi connectivity index (χ1n) is 6.22. The number of fused-ring (bicyclic) bond motifs is 1. The van der Waals surface area contributed by atoms with Crippen molar-refractivity contribution in [3.63, 3.8) is 0 Å². The number of ether oxygens (including phenoxy) is 2. The first kappa shape index (κ1) is 11.2. The Morgan fingerprint density at radius 3 is 2.94 bits per heavy atom. The topological polar surface area (TPSA) is 18.5 Å². The fourth-order valence-corrected chi connectivity index (χ4v) is 3.24. The molecule has 0 amide bonds. The molecular formula is C14H17FO2. The molecule has 2 aliphatic heterocycles. The van der Waals surface area contributed by atoms with E-state index >= 15 is 0 Å².